The molecule has 0 spiro atoms. The molecular weight excluding hydrogens is 334 g/mol. The number of nitrogens with zero attached hydrogens (tertiary/aromatic N) is 3. The van der Waals surface area contributed by atoms with Crippen molar-refractivity contribution >= 4 is 29.1 Å². The van der Waals surface area contributed by atoms with E-state index in [4.69, 9.17) is 11.5 Å². The summed E-state index contributed by atoms with van der Waals surface area (Å²) in [5.41, 5.74) is 12.4. The summed E-state index contributed by atoms with van der Waals surface area (Å²) in [4.78, 5) is 35.8. The number of aromatic nitrogens is 3. The number of nitrogens with one attached hydrogen (secondary N) is 2. The molecule has 136 valence electrons. The van der Waals surface area contributed by atoms with Gasteiger partial charge >= 0.3 is 0 Å². The first kappa shape index (κ1) is 17.6. The number of primary amides is 2. The maximum Gasteiger partial charge on any atom is 0.271 e. The molecule has 1 saturated carbocycles. The van der Waals surface area contributed by atoms with Crippen molar-refractivity contribution in [3.05, 3.63) is 35.9 Å². The van der Waals surface area contributed by atoms with Gasteiger partial charge in [-0.1, -0.05) is 12.8 Å². The Bertz CT molecular complexity index is 836. The number of carbonyl (C=O) groups is 2. The zero-order valence-corrected chi connectivity index (χ0v) is 14.4. The zero-order chi connectivity index (χ0) is 18.7. The predicted octanol–water partition coefficient (Wildman–Crippen LogP) is 1.09. The van der Waals surface area contributed by atoms with E-state index in [9.17, 15) is 9.59 Å². The molecule has 9 nitrogen and oxygen atoms in total. The summed E-state index contributed by atoms with van der Waals surface area (Å²) in [6.45, 7) is 1.90. The fourth-order valence-electron chi connectivity index (χ4n) is 2.60. The van der Waals surface area contributed by atoms with Crippen LogP contribution in [0.2, 0.25) is 0 Å². The number of pyridine rings is 1. The van der Waals surface area contributed by atoms with Crippen LogP contribution < -0.4 is 22.1 Å². The summed E-state index contributed by atoms with van der Waals surface area (Å²) in [7, 11) is 0. The Morgan fingerprint density at radius 3 is 2.65 bits per heavy atom. The van der Waals surface area contributed by atoms with E-state index in [1.54, 1.807) is 12.4 Å². The first-order chi connectivity index (χ1) is 12.4. The Labute approximate surface area is 150 Å². The van der Waals surface area contributed by atoms with E-state index in [2.05, 4.69) is 25.6 Å². The third-order valence-electron chi connectivity index (χ3n) is 4.08. The van der Waals surface area contributed by atoms with Gasteiger partial charge in [0, 0.05) is 6.20 Å². The number of rotatable bonds is 8. The molecule has 1 aliphatic rings. The molecule has 26 heavy (non-hydrogen) atoms. The first-order valence-corrected chi connectivity index (χ1v) is 8.33. The van der Waals surface area contributed by atoms with Gasteiger partial charge < -0.3 is 22.1 Å². The standard InChI is InChI=1S/C17H21N7O2/c1-9-4-11(7-20-6-9)22-17-14(16(19)26)21-8-13(24-17)23-12(15(18)25)5-10-2-3-10/h4,6-8,10,12H,2-3,5H2,1H3,(H2,18,25)(H2,19,26)(H2,22,23,24)/t12-/m1/s1. The van der Waals surface area contributed by atoms with Gasteiger partial charge in [0.1, 0.15) is 11.9 Å². The second kappa shape index (κ2) is 7.34. The van der Waals surface area contributed by atoms with Crippen LogP contribution in [0.1, 0.15) is 35.3 Å². The first-order valence-electron chi connectivity index (χ1n) is 8.33. The molecule has 1 fully saturated rings. The topological polar surface area (TPSA) is 149 Å². The highest BCUT2D eigenvalue weighted by Gasteiger charge is 2.28. The van der Waals surface area contributed by atoms with E-state index in [-0.39, 0.29) is 11.5 Å². The second-order valence-electron chi connectivity index (χ2n) is 6.47. The van der Waals surface area contributed by atoms with Crippen LogP contribution in [0.25, 0.3) is 0 Å². The molecule has 0 saturated heterocycles. The summed E-state index contributed by atoms with van der Waals surface area (Å²) in [5.74, 6) is -0.132. The van der Waals surface area contributed by atoms with Gasteiger partial charge in [-0.2, -0.15) is 0 Å². The van der Waals surface area contributed by atoms with Crippen molar-refractivity contribution in [1.82, 2.24) is 15.0 Å². The molecule has 3 rings (SSSR count). The summed E-state index contributed by atoms with van der Waals surface area (Å²) >= 11 is 0. The molecular formula is C17H21N7O2. The molecule has 9 heteroatoms. The lowest BCUT2D eigenvalue weighted by atomic mass is 10.1. The van der Waals surface area contributed by atoms with Crippen molar-refractivity contribution in [1.29, 1.82) is 0 Å². The molecule has 1 atom stereocenters. The highest BCUT2D eigenvalue weighted by atomic mass is 16.1. The van der Waals surface area contributed by atoms with Crippen LogP contribution in [0.4, 0.5) is 17.3 Å². The average Bonchev–Trinajstić information content (AvgIpc) is 3.38. The minimum atomic E-state index is -0.711. The largest absolute Gasteiger partial charge is 0.368 e. The SMILES string of the molecule is Cc1cncc(Nc2nc(N[C@H](CC3CC3)C(N)=O)cnc2C(N)=O)c1. The average molecular weight is 355 g/mol. The third kappa shape index (κ3) is 4.44. The monoisotopic (exact) mass is 355 g/mol. The van der Waals surface area contributed by atoms with E-state index in [1.807, 2.05) is 13.0 Å². The van der Waals surface area contributed by atoms with Crippen molar-refractivity contribution in [3.8, 4) is 0 Å². The van der Waals surface area contributed by atoms with Crippen LogP contribution in [-0.4, -0.2) is 32.8 Å². The summed E-state index contributed by atoms with van der Waals surface area (Å²) in [6.07, 6.45) is 7.52. The van der Waals surface area contributed by atoms with Crippen LogP contribution >= 0.6 is 0 Å². The van der Waals surface area contributed by atoms with Gasteiger partial charge in [-0.3, -0.25) is 14.6 Å². The van der Waals surface area contributed by atoms with Gasteiger partial charge in [0.05, 0.1) is 18.1 Å². The molecule has 0 bridgehead atoms. The smallest absolute Gasteiger partial charge is 0.271 e. The Hall–Kier alpha value is -3.23. The van der Waals surface area contributed by atoms with Crippen molar-refractivity contribution in [2.24, 2.45) is 17.4 Å². The van der Waals surface area contributed by atoms with Crippen molar-refractivity contribution < 1.29 is 9.59 Å². The van der Waals surface area contributed by atoms with Gasteiger partial charge in [0.25, 0.3) is 5.91 Å². The normalized spacial score (nSPS) is 14.5. The fraction of sp³-hybridized carbons (Fsp3) is 0.353. The molecule has 2 aromatic heterocycles. The second-order valence-corrected chi connectivity index (χ2v) is 6.47. The van der Waals surface area contributed by atoms with E-state index in [0.717, 1.165) is 18.4 Å². The number of aryl methyl sites for hydroxylation is 1. The highest BCUT2D eigenvalue weighted by Crippen LogP contribution is 2.34. The number of carbonyl (C=O) groups excluding carboxylic acids is 2. The molecule has 0 aromatic carbocycles. The molecule has 1 aliphatic carbocycles. The van der Waals surface area contributed by atoms with Crippen molar-refractivity contribution in [2.45, 2.75) is 32.2 Å². The van der Waals surface area contributed by atoms with Crippen LogP contribution in [0.5, 0.6) is 0 Å². The summed E-state index contributed by atoms with van der Waals surface area (Å²) < 4.78 is 0. The maximum absolute atomic E-state index is 11.7. The number of amides is 2. The van der Waals surface area contributed by atoms with Crippen LogP contribution in [0.15, 0.2) is 24.7 Å². The Balaban J connectivity index is 1.85. The maximum atomic E-state index is 11.7. The highest BCUT2D eigenvalue weighted by molar-refractivity contribution is 5.96. The molecule has 2 heterocycles. The van der Waals surface area contributed by atoms with Crippen LogP contribution in [0.3, 0.4) is 0 Å². The number of hydrogen-bond donors (Lipinski definition) is 4. The van der Waals surface area contributed by atoms with Crippen LogP contribution in [-0.2, 0) is 4.79 Å². The minimum Gasteiger partial charge on any atom is -0.368 e. The van der Waals surface area contributed by atoms with E-state index in [0.29, 0.717) is 23.8 Å². The van der Waals surface area contributed by atoms with E-state index < -0.39 is 17.9 Å². The van der Waals surface area contributed by atoms with Gasteiger partial charge in [-0.15, -0.1) is 0 Å². The fourth-order valence-corrected chi connectivity index (χ4v) is 2.60. The van der Waals surface area contributed by atoms with Crippen LogP contribution in [0, 0.1) is 12.8 Å². The molecule has 0 unspecified atom stereocenters. The summed E-state index contributed by atoms with van der Waals surface area (Å²) in [5, 5.41) is 6.00. The minimum absolute atomic E-state index is 0.00475. The number of anilines is 3. The van der Waals surface area contributed by atoms with Gasteiger partial charge in [-0.25, -0.2) is 9.97 Å². The predicted molar refractivity (Wildman–Crippen MR) is 96.8 cm³/mol. The lowest BCUT2D eigenvalue weighted by Gasteiger charge is -2.17. The summed E-state index contributed by atoms with van der Waals surface area (Å²) in [6, 6.07) is 1.31. The number of hydrogen-bond acceptors (Lipinski definition) is 7. The third-order valence-corrected chi connectivity index (χ3v) is 4.08. The quantitative estimate of drug-likeness (QED) is 0.553. The van der Waals surface area contributed by atoms with Gasteiger partial charge in [0.2, 0.25) is 5.91 Å². The number of nitrogens with two attached hydrogens (primary N) is 2. The Morgan fingerprint density at radius 1 is 1.27 bits per heavy atom. The molecule has 0 radical (unpaired) electrons. The lowest BCUT2D eigenvalue weighted by Crippen LogP contribution is -2.36. The zero-order valence-electron chi connectivity index (χ0n) is 14.4. The molecule has 2 aromatic rings. The molecule has 6 N–H and O–H groups in total. The Kier molecular flexibility index (Phi) is 4.97. The molecule has 0 aliphatic heterocycles. The van der Waals surface area contributed by atoms with Crippen molar-refractivity contribution in [3.63, 3.8) is 0 Å². The van der Waals surface area contributed by atoms with Gasteiger partial charge in [0.15, 0.2) is 11.5 Å². The van der Waals surface area contributed by atoms with E-state index in [1.165, 1.54) is 6.20 Å². The Morgan fingerprint density at radius 2 is 2.04 bits per heavy atom. The lowest BCUT2D eigenvalue weighted by molar-refractivity contribution is -0.118. The van der Waals surface area contributed by atoms with Gasteiger partial charge in [-0.05, 0) is 30.9 Å². The van der Waals surface area contributed by atoms with E-state index >= 15 is 0 Å². The van der Waals surface area contributed by atoms with Crippen molar-refractivity contribution in [2.75, 3.05) is 10.6 Å². The molecule has 2 amide bonds.